The van der Waals surface area contributed by atoms with Gasteiger partial charge in [-0.15, -0.1) is 11.3 Å². The van der Waals surface area contributed by atoms with Crippen molar-refractivity contribution in [3.05, 3.63) is 45.4 Å². The van der Waals surface area contributed by atoms with Crippen LogP contribution in [0.1, 0.15) is 39.8 Å². The highest BCUT2D eigenvalue weighted by atomic mass is 32.1. The molecule has 0 aliphatic rings. The van der Waals surface area contributed by atoms with Gasteiger partial charge in [-0.25, -0.2) is 9.78 Å². The van der Waals surface area contributed by atoms with E-state index in [1.165, 1.54) is 11.3 Å². The smallest absolute Gasteiger partial charge is 0.347 e. The first-order chi connectivity index (χ1) is 9.99. The first-order valence-corrected chi connectivity index (χ1v) is 7.66. The first-order valence-electron chi connectivity index (χ1n) is 6.84. The van der Waals surface area contributed by atoms with E-state index in [1.54, 1.807) is 7.11 Å². The predicted molar refractivity (Wildman–Crippen MR) is 83.4 cm³/mol. The molecule has 4 nitrogen and oxygen atoms in total. The van der Waals surface area contributed by atoms with E-state index in [0.717, 1.165) is 16.3 Å². The minimum absolute atomic E-state index is 0.363. The maximum absolute atomic E-state index is 11.3. The van der Waals surface area contributed by atoms with E-state index in [1.807, 2.05) is 24.3 Å². The number of aromatic carboxylic acids is 1. The van der Waals surface area contributed by atoms with E-state index in [2.05, 4.69) is 18.8 Å². The molecule has 0 radical (unpaired) electrons. The van der Waals surface area contributed by atoms with Gasteiger partial charge < -0.3 is 9.84 Å². The summed E-state index contributed by atoms with van der Waals surface area (Å²) in [5.41, 5.74) is 1.76. The van der Waals surface area contributed by atoms with Crippen molar-refractivity contribution >= 4 is 17.3 Å². The van der Waals surface area contributed by atoms with Gasteiger partial charge in [0.1, 0.15) is 10.6 Å². The second-order valence-corrected chi connectivity index (χ2v) is 6.40. The molecule has 5 heteroatoms. The first kappa shape index (κ1) is 15.5. The van der Waals surface area contributed by atoms with Gasteiger partial charge in [-0.2, -0.15) is 0 Å². The topological polar surface area (TPSA) is 59.4 Å². The van der Waals surface area contributed by atoms with Crippen molar-refractivity contribution < 1.29 is 14.6 Å². The number of thiazole rings is 1. The van der Waals surface area contributed by atoms with Gasteiger partial charge in [-0.1, -0.05) is 26.0 Å². The Bertz CT molecular complexity index is 634. The van der Waals surface area contributed by atoms with Crippen LogP contribution in [0.15, 0.2) is 24.3 Å². The Labute approximate surface area is 128 Å². The Morgan fingerprint density at radius 3 is 2.81 bits per heavy atom. The number of aromatic nitrogens is 1. The van der Waals surface area contributed by atoms with Crippen molar-refractivity contribution in [3.8, 4) is 5.75 Å². The zero-order valence-electron chi connectivity index (χ0n) is 12.4. The number of methoxy groups -OCH3 is 1. The Kier molecular flexibility index (Phi) is 4.96. The molecule has 0 atom stereocenters. The summed E-state index contributed by atoms with van der Waals surface area (Å²) in [4.78, 5) is 16.2. The summed E-state index contributed by atoms with van der Waals surface area (Å²) in [6, 6.07) is 7.75. The summed E-state index contributed by atoms with van der Waals surface area (Å²) < 4.78 is 5.20. The van der Waals surface area contributed by atoms with Crippen LogP contribution in [0, 0.1) is 5.92 Å². The molecule has 0 aliphatic carbocycles. The maximum atomic E-state index is 11.3. The number of benzene rings is 1. The summed E-state index contributed by atoms with van der Waals surface area (Å²) >= 11 is 1.27. The Morgan fingerprint density at radius 2 is 2.19 bits per heavy atom. The van der Waals surface area contributed by atoms with Crippen LogP contribution < -0.4 is 4.74 Å². The molecule has 1 aromatic heterocycles. The number of carboxylic acid groups (broad SMARTS) is 1. The summed E-state index contributed by atoms with van der Waals surface area (Å²) in [6.45, 7) is 4.12. The van der Waals surface area contributed by atoms with Crippen molar-refractivity contribution in [2.45, 2.75) is 26.7 Å². The van der Waals surface area contributed by atoms with Crippen LogP contribution in [0.2, 0.25) is 0 Å². The normalized spacial score (nSPS) is 10.9. The van der Waals surface area contributed by atoms with Crippen LogP contribution in [-0.2, 0) is 12.8 Å². The van der Waals surface area contributed by atoms with Crippen LogP contribution in [0.3, 0.4) is 0 Å². The predicted octanol–water partition coefficient (Wildman–Crippen LogP) is 3.64. The molecule has 112 valence electrons. The number of hydrogen-bond donors (Lipinski definition) is 1. The third kappa shape index (κ3) is 4.04. The minimum atomic E-state index is -0.889. The van der Waals surface area contributed by atoms with Gasteiger partial charge in [0.2, 0.25) is 0 Å². The summed E-state index contributed by atoms with van der Waals surface area (Å²) in [7, 11) is 1.63. The molecule has 0 unspecified atom stereocenters. The number of carboxylic acids is 1. The lowest BCUT2D eigenvalue weighted by molar-refractivity contribution is 0.0700. The molecule has 1 aromatic carbocycles. The monoisotopic (exact) mass is 305 g/mol. The number of hydrogen-bond acceptors (Lipinski definition) is 4. The largest absolute Gasteiger partial charge is 0.497 e. The lowest BCUT2D eigenvalue weighted by Gasteiger charge is -2.03. The van der Waals surface area contributed by atoms with Crippen LogP contribution in [0.25, 0.3) is 0 Å². The van der Waals surface area contributed by atoms with Gasteiger partial charge in [-0.3, -0.25) is 0 Å². The summed E-state index contributed by atoms with van der Waals surface area (Å²) in [5.74, 6) is 0.292. The van der Waals surface area contributed by atoms with Crippen molar-refractivity contribution in [3.63, 3.8) is 0 Å². The fourth-order valence-corrected chi connectivity index (χ4v) is 3.09. The van der Waals surface area contributed by atoms with Gasteiger partial charge in [0, 0.05) is 6.42 Å². The van der Waals surface area contributed by atoms with E-state index < -0.39 is 5.97 Å². The molecule has 0 saturated heterocycles. The van der Waals surface area contributed by atoms with E-state index in [0.29, 0.717) is 29.3 Å². The zero-order valence-corrected chi connectivity index (χ0v) is 13.2. The zero-order chi connectivity index (χ0) is 15.4. The van der Waals surface area contributed by atoms with Gasteiger partial charge in [-0.05, 0) is 30.0 Å². The molecular weight excluding hydrogens is 286 g/mol. The lowest BCUT2D eigenvalue weighted by atomic mass is 10.1. The minimum Gasteiger partial charge on any atom is -0.497 e. The second-order valence-electron chi connectivity index (χ2n) is 5.31. The van der Waals surface area contributed by atoms with E-state index in [4.69, 9.17) is 4.74 Å². The highest BCUT2D eigenvalue weighted by molar-refractivity contribution is 7.13. The Balaban J connectivity index is 2.25. The molecule has 0 saturated carbocycles. The van der Waals surface area contributed by atoms with E-state index in [-0.39, 0.29) is 0 Å². The standard InChI is InChI=1S/C16H19NO3S/c1-10(2)7-13-15(16(18)19)21-14(17-13)9-11-5-4-6-12(8-11)20-3/h4-6,8,10H,7,9H2,1-3H3,(H,18,19). The molecule has 0 spiro atoms. The number of rotatable bonds is 6. The highest BCUT2D eigenvalue weighted by Gasteiger charge is 2.18. The summed E-state index contributed by atoms with van der Waals surface area (Å²) in [5, 5.41) is 10.1. The van der Waals surface area contributed by atoms with Gasteiger partial charge in [0.25, 0.3) is 0 Å². The third-order valence-electron chi connectivity index (χ3n) is 3.03. The van der Waals surface area contributed by atoms with Crippen molar-refractivity contribution in [1.29, 1.82) is 0 Å². The lowest BCUT2D eigenvalue weighted by Crippen LogP contribution is -2.02. The van der Waals surface area contributed by atoms with Crippen molar-refractivity contribution in [2.75, 3.05) is 7.11 Å². The average Bonchev–Trinajstić information content (AvgIpc) is 2.81. The fraction of sp³-hybridized carbons (Fsp3) is 0.375. The molecule has 0 fully saturated rings. The SMILES string of the molecule is COc1cccc(Cc2nc(CC(C)C)c(C(=O)O)s2)c1. The molecule has 0 amide bonds. The second kappa shape index (κ2) is 6.72. The van der Waals surface area contributed by atoms with E-state index >= 15 is 0 Å². The van der Waals surface area contributed by atoms with Gasteiger partial charge in [0.15, 0.2) is 0 Å². The average molecular weight is 305 g/mol. The van der Waals surface area contributed by atoms with Gasteiger partial charge in [0.05, 0.1) is 17.8 Å². The molecular formula is C16H19NO3S. The van der Waals surface area contributed by atoms with Crippen molar-refractivity contribution in [1.82, 2.24) is 4.98 Å². The number of ether oxygens (including phenoxy) is 1. The Hall–Kier alpha value is -1.88. The third-order valence-corrected chi connectivity index (χ3v) is 4.11. The fourth-order valence-electron chi connectivity index (χ4n) is 2.13. The molecule has 2 aromatic rings. The van der Waals surface area contributed by atoms with E-state index in [9.17, 15) is 9.90 Å². The molecule has 2 rings (SSSR count). The Morgan fingerprint density at radius 1 is 1.43 bits per heavy atom. The van der Waals surface area contributed by atoms with Crippen molar-refractivity contribution in [2.24, 2.45) is 5.92 Å². The summed E-state index contributed by atoms with van der Waals surface area (Å²) in [6.07, 6.45) is 1.32. The molecule has 1 N–H and O–H groups in total. The molecule has 0 bridgehead atoms. The molecule has 0 aliphatic heterocycles. The van der Waals surface area contributed by atoms with Crippen LogP contribution in [0.5, 0.6) is 5.75 Å². The number of nitrogens with zero attached hydrogens (tertiary/aromatic N) is 1. The van der Waals surface area contributed by atoms with Crippen LogP contribution >= 0.6 is 11.3 Å². The quantitative estimate of drug-likeness (QED) is 0.885. The number of carbonyl (C=O) groups is 1. The van der Waals surface area contributed by atoms with Crippen LogP contribution in [0.4, 0.5) is 0 Å². The molecule has 21 heavy (non-hydrogen) atoms. The van der Waals surface area contributed by atoms with Gasteiger partial charge >= 0.3 is 5.97 Å². The highest BCUT2D eigenvalue weighted by Crippen LogP contribution is 2.24. The van der Waals surface area contributed by atoms with Crippen LogP contribution in [-0.4, -0.2) is 23.2 Å². The molecule has 1 heterocycles. The maximum Gasteiger partial charge on any atom is 0.347 e.